The van der Waals surface area contributed by atoms with Gasteiger partial charge in [-0.15, -0.1) is 0 Å². The number of hydrogen-bond donors (Lipinski definition) is 1. The molecule has 3 rings (SSSR count). The normalized spacial score (nSPS) is 15.0. The fourth-order valence-electron chi connectivity index (χ4n) is 3.77. The quantitative estimate of drug-likeness (QED) is 0.632. The Labute approximate surface area is 195 Å². The molecule has 1 N–H and O–H groups in total. The molecule has 0 unspecified atom stereocenters. The van der Waals surface area contributed by atoms with Crippen molar-refractivity contribution in [1.29, 1.82) is 0 Å². The minimum Gasteiger partial charge on any atom is -0.497 e. The molecule has 2 amide bonds. The van der Waals surface area contributed by atoms with Crippen molar-refractivity contribution in [1.82, 2.24) is 9.80 Å². The van der Waals surface area contributed by atoms with Crippen molar-refractivity contribution in [3.8, 4) is 5.75 Å². The molecule has 1 fully saturated rings. The number of anilines is 1. The molecule has 9 heteroatoms. The zero-order valence-electron chi connectivity index (χ0n) is 19.1. The zero-order valence-corrected chi connectivity index (χ0v) is 19.9. The summed E-state index contributed by atoms with van der Waals surface area (Å²) in [5.74, 6) is 0.761. The largest absolute Gasteiger partial charge is 0.497 e. The lowest BCUT2D eigenvalue weighted by atomic mass is 10.1. The Morgan fingerprint density at radius 1 is 0.970 bits per heavy atom. The number of benzene rings is 2. The SMILES string of the molecule is COc1ccc(CCC(=O)N2CCCN(CC(=O)Nc3ccc(S(C)(=O)=O)cc3)CC2)cc1. The van der Waals surface area contributed by atoms with Crippen molar-refractivity contribution in [2.24, 2.45) is 0 Å². The monoisotopic (exact) mass is 473 g/mol. The van der Waals surface area contributed by atoms with Crippen molar-refractivity contribution in [3.05, 3.63) is 54.1 Å². The summed E-state index contributed by atoms with van der Waals surface area (Å²) in [7, 11) is -1.64. The van der Waals surface area contributed by atoms with Gasteiger partial charge in [0.25, 0.3) is 0 Å². The number of sulfone groups is 1. The predicted octanol–water partition coefficient (Wildman–Crippen LogP) is 2.20. The van der Waals surface area contributed by atoms with E-state index in [0.717, 1.165) is 30.5 Å². The minimum absolute atomic E-state index is 0.128. The van der Waals surface area contributed by atoms with Gasteiger partial charge >= 0.3 is 0 Å². The number of amides is 2. The molecular formula is C24H31N3O5S. The van der Waals surface area contributed by atoms with Crippen LogP contribution in [0, 0.1) is 0 Å². The van der Waals surface area contributed by atoms with E-state index in [9.17, 15) is 18.0 Å². The Balaban J connectivity index is 1.44. The Morgan fingerprint density at radius 3 is 2.30 bits per heavy atom. The van der Waals surface area contributed by atoms with Gasteiger partial charge in [-0.25, -0.2) is 8.42 Å². The second kappa shape index (κ2) is 11.3. The van der Waals surface area contributed by atoms with Crippen molar-refractivity contribution in [2.45, 2.75) is 24.2 Å². The molecule has 0 spiro atoms. The van der Waals surface area contributed by atoms with Gasteiger partial charge < -0.3 is 15.0 Å². The summed E-state index contributed by atoms with van der Waals surface area (Å²) >= 11 is 0. The van der Waals surface area contributed by atoms with Crippen LogP contribution in [0.15, 0.2) is 53.4 Å². The van der Waals surface area contributed by atoms with E-state index in [2.05, 4.69) is 5.32 Å². The van der Waals surface area contributed by atoms with Crippen LogP contribution in [0.4, 0.5) is 5.69 Å². The number of carbonyl (C=O) groups excluding carboxylic acids is 2. The number of aryl methyl sites for hydroxylation is 1. The Bertz CT molecular complexity index is 1050. The van der Waals surface area contributed by atoms with E-state index in [-0.39, 0.29) is 23.3 Å². The Morgan fingerprint density at radius 2 is 1.67 bits per heavy atom. The first-order chi connectivity index (χ1) is 15.7. The van der Waals surface area contributed by atoms with Gasteiger partial charge in [0.05, 0.1) is 18.6 Å². The molecule has 2 aromatic rings. The molecule has 1 aliphatic rings. The van der Waals surface area contributed by atoms with Gasteiger partial charge in [0.1, 0.15) is 5.75 Å². The van der Waals surface area contributed by atoms with Crippen LogP contribution in [0.1, 0.15) is 18.4 Å². The van der Waals surface area contributed by atoms with E-state index in [1.165, 1.54) is 12.1 Å². The number of carbonyl (C=O) groups is 2. The molecule has 1 saturated heterocycles. The van der Waals surface area contributed by atoms with Gasteiger partial charge in [-0.1, -0.05) is 12.1 Å². The van der Waals surface area contributed by atoms with Gasteiger partial charge in [-0.2, -0.15) is 0 Å². The number of rotatable bonds is 8. The topological polar surface area (TPSA) is 96.0 Å². The molecule has 0 radical (unpaired) electrons. The van der Waals surface area contributed by atoms with Gasteiger partial charge in [0, 0.05) is 44.5 Å². The van der Waals surface area contributed by atoms with E-state index < -0.39 is 9.84 Å². The Hall–Kier alpha value is -2.91. The highest BCUT2D eigenvalue weighted by Crippen LogP contribution is 2.15. The molecule has 0 bridgehead atoms. The fraction of sp³-hybridized carbons (Fsp3) is 0.417. The highest BCUT2D eigenvalue weighted by molar-refractivity contribution is 7.90. The van der Waals surface area contributed by atoms with Crippen LogP contribution in [0.25, 0.3) is 0 Å². The predicted molar refractivity (Wildman–Crippen MR) is 127 cm³/mol. The number of hydrogen-bond acceptors (Lipinski definition) is 6. The van der Waals surface area contributed by atoms with Crippen molar-refractivity contribution in [2.75, 3.05) is 51.4 Å². The van der Waals surface area contributed by atoms with E-state index in [0.29, 0.717) is 38.2 Å². The third kappa shape index (κ3) is 7.57. The maximum atomic E-state index is 12.7. The average Bonchev–Trinajstić information content (AvgIpc) is 3.03. The number of methoxy groups -OCH3 is 1. The first-order valence-electron chi connectivity index (χ1n) is 11.0. The first-order valence-corrected chi connectivity index (χ1v) is 12.9. The van der Waals surface area contributed by atoms with Crippen LogP contribution in [-0.4, -0.2) is 76.1 Å². The van der Waals surface area contributed by atoms with Crippen LogP contribution < -0.4 is 10.1 Å². The lowest BCUT2D eigenvalue weighted by Gasteiger charge is -2.22. The average molecular weight is 474 g/mol. The smallest absolute Gasteiger partial charge is 0.238 e. The molecule has 8 nitrogen and oxygen atoms in total. The van der Waals surface area contributed by atoms with Gasteiger partial charge in [0.2, 0.25) is 11.8 Å². The van der Waals surface area contributed by atoms with Gasteiger partial charge in [-0.05, 0) is 54.8 Å². The molecule has 0 aliphatic carbocycles. The molecule has 178 valence electrons. The highest BCUT2D eigenvalue weighted by atomic mass is 32.2. The van der Waals surface area contributed by atoms with Crippen LogP contribution in [0.3, 0.4) is 0 Å². The summed E-state index contributed by atoms with van der Waals surface area (Å²) in [6, 6.07) is 13.9. The van der Waals surface area contributed by atoms with E-state index in [4.69, 9.17) is 4.74 Å². The molecule has 0 saturated carbocycles. The zero-order chi connectivity index (χ0) is 23.8. The molecule has 0 atom stereocenters. The summed E-state index contributed by atoms with van der Waals surface area (Å²) in [5, 5.41) is 2.80. The van der Waals surface area contributed by atoms with E-state index in [1.807, 2.05) is 34.1 Å². The number of ether oxygens (including phenoxy) is 1. The van der Waals surface area contributed by atoms with Crippen LogP contribution in [0.2, 0.25) is 0 Å². The van der Waals surface area contributed by atoms with Gasteiger partial charge in [0.15, 0.2) is 9.84 Å². The third-order valence-corrected chi connectivity index (χ3v) is 6.79. The third-order valence-electron chi connectivity index (χ3n) is 5.66. The van der Waals surface area contributed by atoms with Crippen molar-refractivity contribution >= 4 is 27.3 Å². The minimum atomic E-state index is -3.27. The standard InChI is InChI=1S/C24H31N3O5S/c1-32-21-9-4-19(5-10-21)6-13-24(29)27-15-3-14-26(16-17-27)18-23(28)25-20-7-11-22(12-8-20)33(2,30)31/h4-5,7-12H,3,6,13-18H2,1-2H3,(H,25,28). The first kappa shape index (κ1) is 24.7. The number of nitrogens with zero attached hydrogens (tertiary/aromatic N) is 2. The second-order valence-electron chi connectivity index (χ2n) is 8.20. The van der Waals surface area contributed by atoms with E-state index >= 15 is 0 Å². The summed E-state index contributed by atoms with van der Waals surface area (Å²) in [6.45, 7) is 2.88. The van der Waals surface area contributed by atoms with Crippen LogP contribution in [-0.2, 0) is 25.8 Å². The summed E-state index contributed by atoms with van der Waals surface area (Å²) in [4.78, 5) is 29.2. The molecule has 33 heavy (non-hydrogen) atoms. The molecule has 1 aliphatic heterocycles. The highest BCUT2D eigenvalue weighted by Gasteiger charge is 2.20. The van der Waals surface area contributed by atoms with Crippen LogP contribution in [0.5, 0.6) is 5.75 Å². The molecular weight excluding hydrogens is 442 g/mol. The summed E-state index contributed by atoms with van der Waals surface area (Å²) in [6.07, 6.45) is 3.09. The lowest BCUT2D eigenvalue weighted by molar-refractivity contribution is -0.131. The molecule has 2 aromatic carbocycles. The second-order valence-corrected chi connectivity index (χ2v) is 10.2. The summed E-state index contributed by atoms with van der Waals surface area (Å²) < 4.78 is 28.3. The Kier molecular flexibility index (Phi) is 8.46. The van der Waals surface area contributed by atoms with E-state index in [1.54, 1.807) is 19.2 Å². The molecule has 0 aromatic heterocycles. The van der Waals surface area contributed by atoms with Gasteiger partial charge in [-0.3, -0.25) is 14.5 Å². The summed E-state index contributed by atoms with van der Waals surface area (Å²) in [5.41, 5.74) is 1.65. The number of nitrogens with one attached hydrogen (secondary N) is 1. The van der Waals surface area contributed by atoms with Crippen molar-refractivity contribution in [3.63, 3.8) is 0 Å². The fourth-order valence-corrected chi connectivity index (χ4v) is 4.40. The lowest BCUT2D eigenvalue weighted by Crippen LogP contribution is -2.38. The maximum absolute atomic E-state index is 12.7. The van der Waals surface area contributed by atoms with Crippen LogP contribution >= 0.6 is 0 Å². The maximum Gasteiger partial charge on any atom is 0.238 e. The molecule has 1 heterocycles. The van der Waals surface area contributed by atoms with Crippen molar-refractivity contribution < 1.29 is 22.7 Å².